The summed E-state index contributed by atoms with van der Waals surface area (Å²) in [7, 11) is 0. The quantitative estimate of drug-likeness (QED) is 0.757. The van der Waals surface area contributed by atoms with Crippen LogP contribution >= 0.6 is 0 Å². The van der Waals surface area contributed by atoms with Gasteiger partial charge in [0.1, 0.15) is 6.67 Å². The summed E-state index contributed by atoms with van der Waals surface area (Å²) in [6, 6.07) is 1.97. The number of aryl methyl sites for hydroxylation is 1. The Labute approximate surface area is 107 Å². The van der Waals surface area contributed by atoms with E-state index in [0.717, 1.165) is 11.4 Å². The Morgan fingerprint density at radius 3 is 2.89 bits per heavy atom. The Bertz CT molecular complexity index is 426. The van der Waals surface area contributed by atoms with Gasteiger partial charge in [-0.05, 0) is 19.1 Å². The van der Waals surface area contributed by atoms with Crippen LogP contribution in [0.5, 0.6) is 0 Å². The summed E-state index contributed by atoms with van der Waals surface area (Å²) in [6.07, 6.45) is 2.53. The molecule has 5 heteroatoms. The van der Waals surface area contributed by atoms with Gasteiger partial charge in [-0.2, -0.15) is 5.10 Å². The van der Waals surface area contributed by atoms with E-state index in [2.05, 4.69) is 5.10 Å². The summed E-state index contributed by atoms with van der Waals surface area (Å²) in [5.41, 5.74) is 1.99. The van der Waals surface area contributed by atoms with E-state index >= 15 is 0 Å². The summed E-state index contributed by atoms with van der Waals surface area (Å²) < 4.78 is 13.8. The molecule has 0 atom stereocenters. The molecular weight excluding hydrogens is 233 g/mol. The molecule has 2 rings (SSSR count). The van der Waals surface area contributed by atoms with E-state index in [9.17, 15) is 9.18 Å². The van der Waals surface area contributed by atoms with Crippen LogP contribution < -0.4 is 0 Å². The molecule has 1 aromatic rings. The molecule has 0 fully saturated rings. The van der Waals surface area contributed by atoms with Crippen molar-refractivity contribution in [3.8, 4) is 0 Å². The van der Waals surface area contributed by atoms with Gasteiger partial charge in [-0.1, -0.05) is 13.8 Å². The number of aromatic nitrogens is 2. The van der Waals surface area contributed by atoms with Gasteiger partial charge in [0.15, 0.2) is 0 Å². The standard InChI is InChI=1S/C11H14FN3O.C2H6/c1-9-7-10-8-14(5-6-15(10)13-9)11(16)3-2-4-12;1-2/h2-3,7H,4-6,8H2,1H3;1-2H3/b3-2+;. The Hall–Kier alpha value is -1.65. The summed E-state index contributed by atoms with van der Waals surface area (Å²) in [5.74, 6) is -0.136. The van der Waals surface area contributed by atoms with Crippen LogP contribution in [0.3, 0.4) is 0 Å². The Morgan fingerprint density at radius 2 is 2.22 bits per heavy atom. The van der Waals surface area contributed by atoms with E-state index < -0.39 is 6.67 Å². The average molecular weight is 253 g/mol. The lowest BCUT2D eigenvalue weighted by Gasteiger charge is -2.26. The predicted molar refractivity (Wildman–Crippen MR) is 68.8 cm³/mol. The van der Waals surface area contributed by atoms with Crippen LogP contribution in [0.1, 0.15) is 25.2 Å². The third-order valence-electron chi connectivity index (χ3n) is 2.58. The summed E-state index contributed by atoms with van der Waals surface area (Å²) in [5, 5.41) is 4.31. The van der Waals surface area contributed by atoms with Crippen LogP contribution in [0.2, 0.25) is 0 Å². The highest BCUT2D eigenvalue weighted by Crippen LogP contribution is 2.13. The third-order valence-corrected chi connectivity index (χ3v) is 2.58. The molecule has 0 radical (unpaired) electrons. The Kier molecular flexibility index (Phi) is 5.55. The predicted octanol–water partition coefficient (Wildman–Crippen LogP) is 2.09. The van der Waals surface area contributed by atoms with E-state index in [1.807, 2.05) is 31.5 Å². The van der Waals surface area contributed by atoms with Crippen LogP contribution in [0, 0.1) is 6.92 Å². The molecule has 1 amide bonds. The van der Waals surface area contributed by atoms with Crippen molar-refractivity contribution in [2.75, 3.05) is 13.2 Å². The highest BCUT2D eigenvalue weighted by Gasteiger charge is 2.19. The molecule has 0 saturated heterocycles. The number of allylic oxidation sites excluding steroid dienone is 1. The molecule has 4 nitrogen and oxygen atoms in total. The lowest BCUT2D eigenvalue weighted by molar-refractivity contribution is -0.127. The van der Waals surface area contributed by atoms with Crippen molar-refractivity contribution in [1.29, 1.82) is 0 Å². The number of hydrogen-bond donors (Lipinski definition) is 0. The number of nitrogens with zero attached hydrogens (tertiary/aromatic N) is 3. The molecule has 0 unspecified atom stereocenters. The number of alkyl halides is 1. The van der Waals surface area contributed by atoms with Crippen LogP contribution in [0.15, 0.2) is 18.2 Å². The molecule has 0 bridgehead atoms. The maximum absolute atomic E-state index is 11.9. The zero-order valence-corrected chi connectivity index (χ0v) is 11.2. The Morgan fingerprint density at radius 1 is 1.50 bits per heavy atom. The minimum absolute atomic E-state index is 0.136. The monoisotopic (exact) mass is 253 g/mol. The van der Waals surface area contributed by atoms with Crippen molar-refractivity contribution in [1.82, 2.24) is 14.7 Å². The first-order valence-electron chi connectivity index (χ1n) is 6.25. The van der Waals surface area contributed by atoms with Crippen LogP contribution in [-0.4, -0.2) is 33.8 Å². The highest BCUT2D eigenvalue weighted by molar-refractivity contribution is 5.87. The Balaban J connectivity index is 0.000000771. The number of fused-ring (bicyclic) bond motifs is 1. The SMILES string of the molecule is CC.Cc1cc2n(n1)CCN(C(=O)/C=C/CF)C2. The minimum Gasteiger partial charge on any atom is -0.331 e. The maximum atomic E-state index is 11.9. The summed E-state index contributed by atoms with van der Waals surface area (Å²) in [4.78, 5) is 13.3. The fourth-order valence-corrected chi connectivity index (χ4v) is 1.85. The van der Waals surface area contributed by atoms with Gasteiger partial charge in [0.25, 0.3) is 0 Å². The molecule has 100 valence electrons. The molecule has 1 aliphatic heterocycles. The molecule has 18 heavy (non-hydrogen) atoms. The highest BCUT2D eigenvalue weighted by atomic mass is 19.1. The van der Waals surface area contributed by atoms with E-state index in [4.69, 9.17) is 0 Å². The number of carbonyl (C=O) groups is 1. The lowest BCUT2D eigenvalue weighted by Crippen LogP contribution is -2.37. The fourth-order valence-electron chi connectivity index (χ4n) is 1.85. The van der Waals surface area contributed by atoms with Gasteiger partial charge < -0.3 is 4.90 Å². The topological polar surface area (TPSA) is 38.1 Å². The van der Waals surface area contributed by atoms with E-state index in [0.29, 0.717) is 19.6 Å². The van der Waals surface area contributed by atoms with Crippen molar-refractivity contribution in [3.05, 3.63) is 29.6 Å². The van der Waals surface area contributed by atoms with Crippen molar-refractivity contribution in [3.63, 3.8) is 0 Å². The number of halogens is 1. The first-order chi connectivity index (χ1) is 8.70. The summed E-state index contributed by atoms with van der Waals surface area (Å²) >= 11 is 0. The second-order valence-electron chi connectivity index (χ2n) is 3.82. The van der Waals surface area contributed by atoms with Gasteiger partial charge in [-0.15, -0.1) is 0 Å². The van der Waals surface area contributed by atoms with E-state index in [1.54, 1.807) is 4.90 Å². The first-order valence-corrected chi connectivity index (χ1v) is 6.25. The zero-order chi connectivity index (χ0) is 13.5. The molecule has 0 aliphatic carbocycles. The van der Waals surface area contributed by atoms with E-state index in [-0.39, 0.29) is 5.91 Å². The largest absolute Gasteiger partial charge is 0.331 e. The number of amides is 1. The smallest absolute Gasteiger partial charge is 0.246 e. The lowest BCUT2D eigenvalue weighted by atomic mass is 10.2. The van der Waals surface area contributed by atoms with Gasteiger partial charge in [0, 0.05) is 12.6 Å². The van der Waals surface area contributed by atoms with Crippen molar-refractivity contribution in [2.45, 2.75) is 33.9 Å². The van der Waals surface area contributed by atoms with Gasteiger partial charge >= 0.3 is 0 Å². The first kappa shape index (κ1) is 14.4. The van der Waals surface area contributed by atoms with Gasteiger partial charge in [0.2, 0.25) is 5.91 Å². The van der Waals surface area contributed by atoms with Gasteiger partial charge in [-0.25, -0.2) is 4.39 Å². The molecule has 0 spiro atoms. The van der Waals surface area contributed by atoms with E-state index in [1.165, 1.54) is 12.2 Å². The molecule has 0 N–H and O–H groups in total. The van der Waals surface area contributed by atoms with Crippen LogP contribution in [-0.2, 0) is 17.9 Å². The zero-order valence-electron chi connectivity index (χ0n) is 11.2. The molecule has 1 aliphatic rings. The normalized spacial score (nSPS) is 14.1. The molecular formula is C13H20FN3O. The fraction of sp³-hybridized carbons (Fsp3) is 0.538. The van der Waals surface area contributed by atoms with Gasteiger partial charge in [-0.3, -0.25) is 9.48 Å². The number of carbonyl (C=O) groups excluding carboxylic acids is 1. The van der Waals surface area contributed by atoms with Crippen molar-refractivity contribution < 1.29 is 9.18 Å². The van der Waals surface area contributed by atoms with Crippen molar-refractivity contribution in [2.24, 2.45) is 0 Å². The van der Waals surface area contributed by atoms with Crippen LogP contribution in [0.4, 0.5) is 4.39 Å². The average Bonchev–Trinajstić information content (AvgIpc) is 2.77. The third kappa shape index (κ3) is 3.42. The number of rotatable bonds is 2. The second-order valence-corrected chi connectivity index (χ2v) is 3.82. The number of hydrogen-bond acceptors (Lipinski definition) is 2. The minimum atomic E-state index is -0.601. The van der Waals surface area contributed by atoms with Crippen LogP contribution in [0.25, 0.3) is 0 Å². The maximum Gasteiger partial charge on any atom is 0.246 e. The summed E-state index contributed by atoms with van der Waals surface area (Å²) in [6.45, 7) is 7.22. The molecule has 0 aromatic carbocycles. The van der Waals surface area contributed by atoms with Crippen molar-refractivity contribution >= 4 is 5.91 Å². The van der Waals surface area contributed by atoms with Gasteiger partial charge in [0.05, 0.1) is 24.5 Å². The molecule has 2 heterocycles. The second kappa shape index (κ2) is 6.93. The molecule has 1 aromatic heterocycles. The molecule has 0 saturated carbocycles.